The second kappa shape index (κ2) is 6.37. The molecular weight excluding hydrogens is 246 g/mol. The second-order valence-corrected chi connectivity index (χ2v) is 6.14. The summed E-state index contributed by atoms with van der Waals surface area (Å²) in [4.78, 5) is 25.3. The van der Waals surface area contributed by atoms with E-state index in [0.717, 1.165) is 0 Å². The van der Waals surface area contributed by atoms with E-state index >= 15 is 0 Å². The number of likely N-dealkylation sites (tertiary alicyclic amines) is 1. The zero-order valence-electron chi connectivity index (χ0n) is 12.3. The molecule has 1 N–H and O–H groups in total. The van der Waals surface area contributed by atoms with Crippen LogP contribution in [0.25, 0.3) is 0 Å². The minimum Gasteiger partial charge on any atom is -0.444 e. The summed E-state index contributed by atoms with van der Waals surface area (Å²) in [7, 11) is 0. The maximum absolute atomic E-state index is 12.0. The lowest BCUT2D eigenvalue weighted by Crippen LogP contribution is -2.46. The monoisotopic (exact) mass is 271 g/mol. The number of rotatable bonds is 3. The molecule has 1 aliphatic rings. The highest BCUT2D eigenvalue weighted by Gasteiger charge is 2.32. The van der Waals surface area contributed by atoms with Crippen LogP contribution in [-0.2, 0) is 9.53 Å². The highest BCUT2D eigenvalue weighted by Crippen LogP contribution is 2.21. The number of hydrogen-bond donors (Lipinski definition) is 1. The van der Waals surface area contributed by atoms with E-state index in [2.05, 4.69) is 0 Å². The second-order valence-electron chi connectivity index (χ2n) is 6.14. The molecule has 2 atom stereocenters. The van der Waals surface area contributed by atoms with Gasteiger partial charge in [0.15, 0.2) is 0 Å². The first-order valence-electron chi connectivity index (χ1n) is 6.91. The molecule has 1 heterocycles. The van der Waals surface area contributed by atoms with Crippen molar-refractivity contribution in [2.24, 2.45) is 5.92 Å². The maximum atomic E-state index is 12.0. The van der Waals surface area contributed by atoms with Gasteiger partial charge in [-0.15, -0.1) is 0 Å². The molecule has 0 bridgehead atoms. The summed E-state index contributed by atoms with van der Waals surface area (Å²) < 4.78 is 5.31. The Balaban J connectivity index is 2.59. The van der Waals surface area contributed by atoms with Crippen LogP contribution in [0.5, 0.6) is 0 Å². The Hall–Kier alpha value is -1.10. The van der Waals surface area contributed by atoms with E-state index in [9.17, 15) is 14.7 Å². The number of aliphatic hydroxyl groups excluding tert-OH is 1. The minimum absolute atomic E-state index is 0.132. The zero-order chi connectivity index (χ0) is 14.6. The summed E-state index contributed by atoms with van der Waals surface area (Å²) in [5.41, 5.74) is -0.531. The Morgan fingerprint density at radius 2 is 2.16 bits per heavy atom. The topological polar surface area (TPSA) is 66.8 Å². The fraction of sp³-hybridized carbons (Fsp3) is 0.857. The van der Waals surface area contributed by atoms with Crippen molar-refractivity contribution in [3.8, 4) is 0 Å². The van der Waals surface area contributed by atoms with E-state index in [4.69, 9.17) is 4.74 Å². The van der Waals surface area contributed by atoms with Gasteiger partial charge in [0.1, 0.15) is 11.4 Å². The van der Waals surface area contributed by atoms with E-state index in [1.54, 1.807) is 4.90 Å². The van der Waals surface area contributed by atoms with Gasteiger partial charge in [-0.25, -0.2) is 4.79 Å². The van der Waals surface area contributed by atoms with Crippen molar-refractivity contribution in [3.05, 3.63) is 0 Å². The molecular formula is C14H25NO4. The molecule has 19 heavy (non-hydrogen) atoms. The first-order chi connectivity index (χ1) is 8.73. The number of ether oxygens (including phenoxy) is 1. The molecule has 0 radical (unpaired) electrons. The van der Waals surface area contributed by atoms with Crippen LogP contribution in [0.2, 0.25) is 0 Å². The van der Waals surface area contributed by atoms with Crippen molar-refractivity contribution in [3.63, 3.8) is 0 Å². The van der Waals surface area contributed by atoms with Crippen LogP contribution < -0.4 is 0 Å². The van der Waals surface area contributed by atoms with Crippen molar-refractivity contribution in [1.82, 2.24) is 4.90 Å². The van der Waals surface area contributed by atoms with Crippen molar-refractivity contribution in [2.75, 3.05) is 13.1 Å². The predicted molar refractivity (Wildman–Crippen MR) is 71.8 cm³/mol. The number of carbonyl (C=O) groups is 2. The molecule has 1 fully saturated rings. The fourth-order valence-electron chi connectivity index (χ4n) is 2.10. The normalized spacial score (nSPS) is 22.3. The molecule has 0 aromatic heterocycles. The first kappa shape index (κ1) is 16.0. The fourth-order valence-corrected chi connectivity index (χ4v) is 2.10. The van der Waals surface area contributed by atoms with Gasteiger partial charge in [-0.2, -0.15) is 0 Å². The zero-order valence-corrected chi connectivity index (χ0v) is 12.3. The Morgan fingerprint density at radius 3 is 2.68 bits per heavy atom. The number of Topliss-reactive ketones (excluding diaryl/α,β-unsaturated/α-hetero) is 1. The molecule has 110 valence electrons. The summed E-state index contributed by atoms with van der Waals surface area (Å²) in [5.74, 6) is -0.136. The number of amides is 1. The highest BCUT2D eigenvalue weighted by atomic mass is 16.6. The van der Waals surface area contributed by atoms with Gasteiger partial charge in [0.05, 0.1) is 6.10 Å². The van der Waals surface area contributed by atoms with Crippen LogP contribution in [0.3, 0.4) is 0 Å². The van der Waals surface area contributed by atoms with Crippen LogP contribution in [0, 0.1) is 5.92 Å². The van der Waals surface area contributed by atoms with Gasteiger partial charge in [-0.1, -0.05) is 6.92 Å². The van der Waals surface area contributed by atoms with E-state index in [1.165, 1.54) is 0 Å². The van der Waals surface area contributed by atoms with Gasteiger partial charge < -0.3 is 14.7 Å². The number of aliphatic hydroxyl groups is 1. The van der Waals surface area contributed by atoms with Gasteiger partial charge >= 0.3 is 6.09 Å². The number of carbonyl (C=O) groups excluding carboxylic acids is 2. The molecule has 0 saturated carbocycles. The molecule has 5 nitrogen and oxygen atoms in total. The van der Waals surface area contributed by atoms with E-state index in [1.807, 2.05) is 27.7 Å². The van der Waals surface area contributed by atoms with Crippen molar-refractivity contribution < 1.29 is 19.4 Å². The number of ketones is 1. The standard InChI is InChI=1S/C14H25NO4/c1-5-11(16)8-10-9-15(7-6-12(10)17)13(18)19-14(2,3)4/h10-11,16H,5-9H2,1-4H3. The molecule has 0 aromatic carbocycles. The lowest BCUT2D eigenvalue weighted by Gasteiger charge is -2.34. The van der Waals surface area contributed by atoms with E-state index < -0.39 is 11.7 Å². The van der Waals surface area contributed by atoms with Gasteiger partial charge in [-0.05, 0) is 33.6 Å². The van der Waals surface area contributed by atoms with Crippen LogP contribution in [0.1, 0.15) is 47.0 Å². The van der Waals surface area contributed by atoms with Gasteiger partial charge in [0, 0.05) is 25.4 Å². The van der Waals surface area contributed by atoms with Crippen molar-refractivity contribution in [2.45, 2.75) is 58.7 Å². The molecule has 1 aliphatic heterocycles. The van der Waals surface area contributed by atoms with Crippen LogP contribution in [0.15, 0.2) is 0 Å². The SMILES string of the molecule is CCC(O)CC1CN(C(=O)OC(C)(C)C)CCC1=O. The Labute approximate surface area is 114 Å². The first-order valence-corrected chi connectivity index (χ1v) is 6.91. The Bertz CT molecular complexity index is 335. The Morgan fingerprint density at radius 1 is 1.53 bits per heavy atom. The lowest BCUT2D eigenvalue weighted by molar-refractivity contribution is -0.127. The number of piperidine rings is 1. The minimum atomic E-state index is -0.531. The van der Waals surface area contributed by atoms with Crippen LogP contribution >= 0.6 is 0 Å². The predicted octanol–water partition coefficient (Wildman–Crippen LogP) is 1.97. The maximum Gasteiger partial charge on any atom is 0.410 e. The average Bonchev–Trinajstić information content (AvgIpc) is 2.29. The molecule has 1 rings (SSSR count). The number of nitrogens with zero attached hydrogens (tertiary/aromatic N) is 1. The summed E-state index contributed by atoms with van der Waals surface area (Å²) in [6.07, 6.45) is 0.536. The quantitative estimate of drug-likeness (QED) is 0.852. The summed E-state index contributed by atoms with van der Waals surface area (Å²) in [6.45, 7) is 8.09. The van der Waals surface area contributed by atoms with Gasteiger partial charge in [0.2, 0.25) is 0 Å². The smallest absolute Gasteiger partial charge is 0.410 e. The summed E-state index contributed by atoms with van der Waals surface area (Å²) in [6, 6.07) is 0. The third-order valence-electron chi connectivity index (χ3n) is 3.20. The molecule has 0 aromatic rings. The molecule has 2 unspecified atom stereocenters. The third kappa shape index (κ3) is 5.19. The molecule has 0 aliphatic carbocycles. The molecule has 5 heteroatoms. The van der Waals surface area contributed by atoms with Crippen LogP contribution in [-0.4, -0.2) is 46.7 Å². The number of hydrogen-bond acceptors (Lipinski definition) is 4. The Kier molecular flexibility index (Phi) is 5.35. The van der Waals surface area contributed by atoms with Crippen molar-refractivity contribution in [1.29, 1.82) is 0 Å². The molecule has 1 saturated heterocycles. The van der Waals surface area contributed by atoms with Gasteiger partial charge in [-0.3, -0.25) is 4.79 Å². The van der Waals surface area contributed by atoms with Gasteiger partial charge in [0.25, 0.3) is 0 Å². The highest BCUT2D eigenvalue weighted by molar-refractivity contribution is 5.84. The molecule has 1 amide bonds. The lowest BCUT2D eigenvalue weighted by atomic mass is 9.90. The largest absolute Gasteiger partial charge is 0.444 e. The third-order valence-corrected chi connectivity index (χ3v) is 3.20. The summed E-state index contributed by atoms with van der Waals surface area (Å²) in [5, 5.41) is 9.65. The van der Waals surface area contributed by atoms with Crippen molar-refractivity contribution >= 4 is 11.9 Å². The molecule has 0 spiro atoms. The van der Waals surface area contributed by atoms with E-state index in [-0.39, 0.29) is 17.8 Å². The average molecular weight is 271 g/mol. The van der Waals surface area contributed by atoms with E-state index in [0.29, 0.717) is 32.4 Å². The summed E-state index contributed by atoms with van der Waals surface area (Å²) >= 11 is 0. The van der Waals surface area contributed by atoms with Crippen LogP contribution in [0.4, 0.5) is 4.79 Å².